The normalized spacial score (nSPS) is 12.6. The van der Waals surface area contributed by atoms with Crippen molar-refractivity contribution in [3.05, 3.63) is 27.2 Å². The summed E-state index contributed by atoms with van der Waals surface area (Å²) >= 11 is 0. The van der Waals surface area contributed by atoms with E-state index in [9.17, 15) is 18.0 Å². The van der Waals surface area contributed by atoms with E-state index < -0.39 is 21.1 Å². The molecular weight excluding hydrogens is 344 g/mol. The van der Waals surface area contributed by atoms with Crippen LogP contribution >= 0.6 is 0 Å². The highest BCUT2D eigenvalue weighted by Gasteiger charge is 2.19. The Hall–Kier alpha value is -1.90. The summed E-state index contributed by atoms with van der Waals surface area (Å²) in [5, 5.41) is 0. The lowest BCUT2D eigenvalue weighted by Crippen LogP contribution is -2.42. The summed E-state index contributed by atoms with van der Waals surface area (Å²) < 4.78 is 27.2. The van der Waals surface area contributed by atoms with Crippen LogP contribution in [0.15, 0.2) is 15.9 Å². The number of nitrogens with zero attached hydrogens (tertiary/aromatic N) is 4. The Bertz CT molecular complexity index is 980. The highest BCUT2D eigenvalue weighted by atomic mass is 32.2. The zero-order chi connectivity index (χ0) is 18.9. The van der Waals surface area contributed by atoms with Gasteiger partial charge in [-0.15, -0.1) is 0 Å². The first-order valence-electron chi connectivity index (χ1n) is 8.37. The van der Waals surface area contributed by atoms with Crippen LogP contribution < -0.4 is 11.2 Å². The molecule has 0 fully saturated rings. The molecule has 2 aromatic rings. The van der Waals surface area contributed by atoms with Gasteiger partial charge in [0, 0.05) is 25.9 Å². The summed E-state index contributed by atoms with van der Waals surface area (Å²) in [6, 6.07) is 0. The molecule has 2 rings (SSSR count). The molecule has 0 bridgehead atoms. The van der Waals surface area contributed by atoms with Gasteiger partial charge in [-0.05, 0) is 11.8 Å². The van der Waals surface area contributed by atoms with Crippen molar-refractivity contribution in [2.24, 2.45) is 11.8 Å². The lowest BCUT2D eigenvalue weighted by atomic mass is 10.2. The van der Waals surface area contributed by atoms with E-state index in [4.69, 9.17) is 0 Å². The van der Waals surface area contributed by atoms with Crippen LogP contribution in [0.2, 0.25) is 0 Å². The maximum Gasteiger partial charge on any atom is 0.332 e. The third-order valence-electron chi connectivity index (χ3n) is 3.78. The highest BCUT2D eigenvalue weighted by Crippen LogP contribution is 2.11. The Morgan fingerprint density at radius 1 is 1.04 bits per heavy atom. The topological polar surface area (TPSA) is 96.0 Å². The van der Waals surface area contributed by atoms with Crippen molar-refractivity contribution in [2.75, 3.05) is 12.0 Å². The molecule has 0 spiro atoms. The van der Waals surface area contributed by atoms with Crippen molar-refractivity contribution < 1.29 is 8.42 Å². The third-order valence-corrected chi connectivity index (χ3v) is 4.70. The molecular formula is C16H26N4O4S. The molecule has 2 aromatic heterocycles. The van der Waals surface area contributed by atoms with Crippen LogP contribution in [-0.2, 0) is 29.5 Å². The van der Waals surface area contributed by atoms with Crippen LogP contribution in [0.25, 0.3) is 11.2 Å². The lowest BCUT2D eigenvalue weighted by molar-refractivity contribution is 0.488. The van der Waals surface area contributed by atoms with Crippen LogP contribution in [0, 0.1) is 11.8 Å². The van der Waals surface area contributed by atoms with Crippen LogP contribution in [0.1, 0.15) is 27.7 Å². The summed E-state index contributed by atoms with van der Waals surface area (Å²) in [4.78, 5) is 29.9. The number of imidazole rings is 1. The minimum atomic E-state index is -3.29. The Kier molecular flexibility index (Phi) is 5.55. The number of hydrogen-bond donors (Lipinski definition) is 0. The van der Waals surface area contributed by atoms with E-state index in [1.54, 1.807) is 10.9 Å². The van der Waals surface area contributed by atoms with E-state index in [1.165, 1.54) is 4.57 Å². The predicted octanol–water partition coefficient (Wildman–Crippen LogP) is 0.716. The maximum atomic E-state index is 12.9. The van der Waals surface area contributed by atoms with Crippen molar-refractivity contribution in [1.29, 1.82) is 0 Å². The van der Waals surface area contributed by atoms with E-state index in [0.717, 1.165) is 10.8 Å². The van der Waals surface area contributed by atoms with Gasteiger partial charge in [0.1, 0.15) is 9.84 Å². The molecule has 0 saturated heterocycles. The van der Waals surface area contributed by atoms with Crippen LogP contribution in [0.5, 0.6) is 0 Å². The number of fused-ring (bicyclic) bond motifs is 1. The molecule has 0 aliphatic carbocycles. The quantitative estimate of drug-likeness (QED) is 0.715. The molecule has 0 amide bonds. The molecule has 0 aromatic carbocycles. The Morgan fingerprint density at radius 2 is 1.64 bits per heavy atom. The molecule has 8 nitrogen and oxygen atoms in total. The smallest absolute Gasteiger partial charge is 0.324 e. The third kappa shape index (κ3) is 4.39. The van der Waals surface area contributed by atoms with Gasteiger partial charge in [-0.1, -0.05) is 27.7 Å². The minimum absolute atomic E-state index is 0.155. The first-order chi connectivity index (χ1) is 11.5. The Labute approximate surface area is 147 Å². The fourth-order valence-electron chi connectivity index (χ4n) is 2.75. The van der Waals surface area contributed by atoms with Crippen molar-refractivity contribution in [1.82, 2.24) is 18.7 Å². The fraction of sp³-hybridized carbons (Fsp3) is 0.688. The minimum Gasteiger partial charge on any atom is -0.324 e. The second-order valence-corrected chi connectivity index (χ2v) is 9.60. The van der Waals surface area contributed by atoms with E-state index >= 15 is 0 Å². The number of sulfone groups is 1. The Balaban J connectivity index is 2.74. The number of aromatic nitrogens is 4. The average molecular weight is 370 g/mol. The van der Waals surface area contributed by atoms with Gasteiger partial charge in [0.25, 0.3) is 5.56 Å². The molecule has 0 saturated carbocycles. The lowest BCUT2D eigenvalue weighted by Gasteiger charge is -2.14. The molecule has 0 unspecified atom stereocenters. The standard InChI is InChI=1S/C16H26N4O4S/c1-11(2)8-18-10-17-14-13(18)15(21)19(6-7-25(5,23)24)16(22)20(14)9-12(3)4/h10-12H,6-9H2,1-5H3. The van der Waals surface area contributed by atoms with E-state index in [-0.39, 0.29) is 18.2 Å². The van der Waals surface area contributed by atoms with Gasteiger partial charge < -0.3 is 4.57 Å². The number of hydrogen-bond acceptors (Lipinski definition) is 5. The molecule has 25 heavy (non-hydrogen) atoms. The summed E-state index contributed by atoms with van der Waals surface area (Å²) in [5.41, 5.74) is -0.283. The Morgan fingerprint density at radius 3 is 2.16 bits per heavy atom. The molecule has 0 atom stereocenters. The SMILES string of the molecule is CC(C)Cn1cnc2c1c(=O)n(CCS(C)(=O)=O)c(=O)n2CC(C)C. The zero-order valence-electron chi connectivity index (χ0n) is 15.4. The first-order valence-corrected chi connectivity index (χ1v) is 10.4. The molecule has 140 valence electrons. The fourth-order valence-corrected chi connectivity index (χ4v) is 3.27. The summed E-state index contributed by atoms with van der Waals surface area (Å²) in [6.45, 7) is 8.84. The van der Waals surface area contributed by atoms with Crippen LogP contribution in [0.4, 0.5) is 0 Å². The van der Waals surface area contributed by atoms with Crippen molar-refractivity contribution in [3.63, 3.8) is 0 Å². The largest absolute Gasteiger partial charge is 0.332 e. The average Bonchev–Trinajstić information content (AvgIpc) is 2.85. The summed E-state index contributed by atoms with van der Waals surface area (Å²) in [5.74, 6) is 0.219. The molecule has 0 radical (unpaired) electrons. The molecule has 0 N–H and O–H groups in total. The number of rotatable bonds is 7. The van der Waals surface area contributed by atoms with Gasteiger partial charge in [0.2, 0.25) is 0 Å². The molecule has 2 heterocycles. The summed E-state index contributed by atoms with van der Waals surface area (Å²) in [6.07, 6.45) is 2.66. The van der Waals surface area contributed by atoms with Gasteiger partial charge in [0.15, 0.2) is 11.2 Å². The second-order valence-electron chi connectivity index (χ2n) is 7.34. The van der Waals surface area contributed by atoms with Crippen molar-refractivity contribution >= 4 is 21.0 Å². The molecule has 9 heteroatoms. The van der Waals surface area contributed by atoms with Gasteiger partial charge >= 0.3 is 5.69 Å². The molecule has 0 aliphatic heterocycles. The summed E-state index contributed by atoms with van der Waals surface area (Å²) in [7, 11) is -3.29. The first kappa shape index (κ1) is 19.4. The second kappa shape index (κ2) is 7.15. The molecule has 0 aliphatic rings. The monoisotopic (exact) mass is 370 g/mol. The van der Waals surface area contributed by atoms with Gasteiger partial charge in [-0.2, -0.15) is 0 Å². The van der Waals surface area contributed by atoms with E-state index in [1.807, 2.05) is 27.7 Å². The van der Waals surface area contributed by atoms with Gasteiger partial charge in [-0.25, -0.2) is 18.2 Å². The van der Waals surface area contributed by atoms with Crippen LogP contribution in [-0.4, -0.2) is 39.1 Å². The predicted molar refractivity (Wildman–Crippen MR) is 97.6 cm³/mol. The van der Waals surface area contributed by atoms with Crippen LogP contribution in [0.3, 0.4) is 0 Å². The maximum absolute atomic E-state index is 12.9. The van der Waals surface area contributed by atoms with Crippen molar-refractivity contribution in [2.45, 2.75) is 47.3 Å². The van der Waals surface area contributed by atoms with E-state index in [2.05, 4.69) is 4.98 Å². The van der Waals surface area contributed by atoms with Gasteiger partial charge in [0.05, 0.1) is 12.1 Å². The van der Waals surface area contributed by atoms with Crippen molar-refractivity contribution in [3.8, 4) is 0 Å². The van der Waals surface area contributed by atoms with Gasteiger partial charge in [-0.3, -0.25) is 13.9 Å². The highest BCUT2D eigenvalue weighted by molar-refractivity contribution is 7.90. The van der Waals surface area contributed by atoms with E-state index in [0.29, 0.717) is 30.2 Å². The zero-order valence-corrected chi connectivity index (χ0v) is 16.2.